The number of hydrogen-bond acceptors (Lipinski definition) is 5. The van der Waals surface area contributed by atoms with Crippen molar-refractivity contribution in [2.75, 3.05) is 0 Å². The second kappa shape index (κ2) is 16.3. The van der Waals surface area contributed by atoms with Crippen LogP contribution in [-0.2, 0) is 20.7 Å². The molecule has 1 aromatic carbocycles. The van der Waals surface area contributed by atoms with E-state index >= 15 is 0 Å². The van der Waals surface area contributed by atoms with Gasteiger partial charge in [-0.05, 0) is 30.2 Å². The summed E-state index contributed by atoms with van der Waals surface area (Å²) in [4.78, 5) is 27.3. The summed E-state index contributed by atoms with van der Waals surface area (Å²) in [6.07, 6.45) is 19.8. The van der Waals surface area contributed by atoms with Crippen LogP contribution in [0.1, 0.15) is 109 Å². The number of phenolic OH excluding ortho intramolecular Hbond substituents is 1. The molecular weight excluding hydrogens is 428 g/mol. The number of esters is 2. The SMILES string of the molecule is CCCCCCCCCCCCCCCCC(=O)OC(=O)[C@@H](N)Cc1c[nH]c2ccc(O)cc12. The van der Waals surface area contributed by atoms with Crippen molar-refractivity contribution < 1.29 is 19.4 Å². The molecule has 0 saturated carbocycles. The van der Waals surface area contributed by atoms with Gasteiger partial charge in [-0.15, -0.1) is 0 Å². The average molecular weight is 473 g/mol. The van der Waals surface area contributed by atoms with Crippen molar-refractivity contribution in [2.24, 2.45) is 5.73 Å². The largest absolute Gasteiger partial charge is 0.508 e. The van der Waals surface area contributed by atoms with E-state index in [0.717, 1.165) is 35.7 Å². The van der Waals surface area contributed by atoms with Gasteiger partial charge in [0.1, 0.15) is 11.8 Å². The van der Waals surface area contributed by atoms with E-state index in [2.05, 4.69) is 11.9 Å². The fourth-order valence-corrected chi connectivity index (χ4v) is 4.36. The molecule has 0 amide bonds. The Kier molecular flexibility index (Phi) is 13.4. The number of aromatic nitrogens is 1. The van der Waals surface area contributed by atoms with Crippen molar-refractivity contribution in [3.05, 3.63) is 30.0 Å². The third-order valence-corrected chi connectivity index (χ3v) is 6.44. The maximum absolute atomic E-state index is 12.2. The maximum Gasteiger partial charge on any atom is 0.330 e. The first-order valence-corrected chi connectivity index (χ1v) is 13.3. The number of ether oxygens (including phenoxy) is 1. The van der Waals surface area contributed by atoms with Crippen LogP contribution >= 0.6 is 0 Å². The number of unbranched alkanes of at least 4 members (excludes halogenated alkanes) is 13. The molecule has 6 nitrogen and oxygen atoms in total. The number of phenols is 1. The van der Waals surface area contributed by atoms with E-state index in [1.165, 1.54) is 70.6 Å². The Labute approximate surface area is 204 Å². The Hall–Kier alpha value is -2.34. The molecule has 190 valence electrons. The highest BCUT2D eigenvalue weighted by molar-refractivity contribution is 5.90. The Bertz CT molecular complexity index is 861. The van der Waals surface area contributed by atoms with Crippen LogP contribution in [0.2, 0.25) is 0 Å². The summed E-state index contributed by atoms with van der Waals surface area (Å²) in [5.74, 6) is -1.06. The highest BCUT2D eigenvalue weighted by atomic mass is 16.6. The minimum absolute atomic E-state index is 0.146. The van der Waals surface area contributed by atoms with E-state index < -0.39 is 18.0 Å². The first kappa shape index (κ1) is 27.9. The number of carbonyl (C=O) groups is 2. The molecule has 0 aliphatic heterocycles. The number of fused-ring (bicyclic) bond motifs is 1. The van der Waals surface area contributed by atoms with Gasteiger partial charge < -0.3 is 20.6 Å². The molecule has 0 unspecified atom stereocenters. The van der Waals surface area contributed by atoms with Crippen LogP contribution in [0.5, 0.6) is 5.75 Å². The molecule has 1 aromatic heterocycles. The molecule has 2 aromatic rings. The lowest BCUT2D eigenvalue weighted by Crippen LogP contribution is -2.35. The third kappa shape index (κ3) is 10.7. The smallest absolute Gasteiger partial charge is 0.330 e. The molecule has 0 saturated heterocycles. The lowest BCUT2D eigenvalue weighted by atomic mass is 10.0. The third-order valence-electron chi connectivity index (χ3n) is 6.44. The van der Waals surface area contributed by atoms with E-state index in [1.54, 1.807) is 24.4 Å². The molecule has 4 N–H and O–H groups in total. The van der Waals surface area contributed by atoms with Crippen molar-refractivity contribution in [1.29, 1.82) is 0 Å². The predicted octanol–water partition coefficient (Wildman–Crippen LogP) is 6.68. The Balaban J connectivity index is 1.48. The van der Waals surface area contributed by atoms with Gasteiger partial charge in [-0.1, -0.05) is 90.4 Å². The van der Waals surface area contributed by atoms with Gasteiger partial charge in [0.2, 0.25) is 0 Å². The van der Waals surface area contributed by atoms with E-state index in [0.29, 0.717) is 0 Å². The molecule has 2 rings (SSSR count). The molecule has 0 aliphatic rings. The molecular formula is C28H44N2O4. The lowest BCUT2D eigenvalue weighted by Gasteiger charge is -2.10. The monoisotopic (exact) mass is 472 g/mol. The summed E-state index contributed by atoms with van der Waals surface area (Å²) in [5.41, 5.74) is 7.61. The number of nitrogens with two attached hydrogens (primary N) is 1. The number of rotatable bonds is 18. The molecule has 0 radical (unpaired) electrons. The molecule has 34 heavy (non-hydrogen) atoms. The van der Waals surface area contributed by atoms with Gasteiger partial charge >= 0.3 is 11.9 Å². The second-order valence-corrected chi connectivity index (χ2v) is 9.49. The molecule has 0 aliphatic carbocycles. The van der Waals surface area contributed by atoms with Crippen LogP contribution in [0.3, 0.4) is 0 Å². The van der Waals surface area contributed by atoms with Crippen LogP contribution < -0.4 is 5.73 Å². The van der Waals surface area contributed by atoms with Crippen molar-refractivity contribution >= 4 is 22.8 Å². The van der Waals surface area contributed by atoms with Gasteiger partial charge in [0.05, 0.1) is 0 Å². The minimum atomic E-state index is -0.929. The number of carbonyl (C=O) groups excluding carboxylic acids is 2. The van der Waals surface area contributed by atoms with Crippen molar-refractivity contribution in [3.63, 3.8) is 0 Å². The second-order valence-electron chi connectivity index (χ2n) is 9.49. The Morgan fingerprint density at radius 3 is 2.06 bits per heavy atom. The zero-order valence-electron chi connectivity index (χ0n) is 20.9. The summed E-state index contributed by atoms with van der Waals surface area (Å²) < 4.78 is 4.95. The highest BCUT2D eigenvalue weighted by Crippen LogP contribution is 2.24. The van der Waals surface area contributed by atoms with Crippen LogP contribution in [0.4, 0.5) is 0 Å². The van der Waals surface area contributed by atoms with Crippen LogP contribution in [-0.4, -0.2) is 28.1 Å². The van der Waals surface area contributed by atoms with Crippen molar-refractivity contribution in [1.82, 2.24) is 4.98 Å². The summed E-state index contributed by atoms with van der Waals surface area (Å²) in [5, 5.41) is 10.5. The lowest BCUT2D eigenvalue weighted by molar-refractivity contribution is -0.160. The summed E-state index contributed by atoms with van der Waals surface area (Å²) >= 11 is 0. The molecule has 0 bridgehead atoms. The van der Waals surface area contributed by atoms with Crippen LogP contribution in [0.25, 0.3) is 10.9 Å². The minimum Gasteiger partial charge on any atom is -0.508 e. The van der Waals surface area contributed by atoms with Crippen LogP contribution in [0, 0.1) is 0 Å². The van der Waals surface area contributed by atoms with Crippen molar-refractivity contribution in [2.45, 2.75) is 116 Å². The fraction of sp³-hybridized carbons (Fsp3) is 0.643. The van der Waals surface area contributed by atoms with Gasteiger partial charge in [-0.3, -0.25) is 4.79 Å². The predicted molar refractivity (Wildman–Crippen MR) is 138 cm³/mol. The Morgan fingerprint density at radius 1 is 0.912 bits per heavy atom. The number of hydrogen-bond donors (Lipinski definition) is 3. The quantitative estimate of drug-likeness (QED) is 0.127. The molecule has 6 heteroatoms. The standard InChI is InChI=1S/C28H44N2O4/c1-2-3-4-5-6-7-8-9-10-11-12-13-14-15-16-27(32)34-28(33)25(29)19-22-21-30-26-18-17-23(31)20-24(22)26/h17-18,20-21,25,30-31H,2-16,19,29H2,1H3/t25-/m0/s1. The summed E-state index contributed by atoms with van der Waals surface area (Å²) in [6.45, 7) is 2.26. The van der Waals surface area contributed by atoms with Crippen LogP contribution in [0.15, 0.2) is 24.4 Å². The Morgan fingerprint density at radius 2 is 1.47 bits per heavy atom. The van der Waals surface area contributed by atoms with E-state index in [-0.39, 0.29) is 18.6 Å². The van der Waals surface area contributed by atoms with E-state index in [4.69, 9.17) is 10.5 Å². The first-order chi connectivity index (χ1) is 16.5. The molecule has 0 spiro atoms. The molecule has 0 fully saturated rings. The number of H-pyrrole nitrogens is 1. The zero-order chi connectivity index (χ0) is 24.6. The average Bonchev–Trinajstić information content (AvgIpc) is 3.20. The summed E-state index contributed by atoms with van der Waals surface area (Å²) in [6, 6.07) is 4.05. The maximum atomic E-state index is 12.2. The highest BCUT2D eigenvalue weighted by Gasteiger charge is 2.20. The molecule has 1 atom stereocenters. The number of benzene rings is 1. The van der Waals surface area contributed by atoms with Crippen molar-refractivity contribution in [3.8, 4) is 5.75 Å². The molecule has 1 heterocycles. The van der Waals surface area contributed by atoms with Gasteiger partial charge in [0.15, 0.2) is 0 Å². The number of aromatic hydroxyl groups is 1. The number of aromatic amines is 1. The van der Waals surface area contributed by atoms with Gasteiger partial charge in [-0.25, -0.2) is 4.79 Å². The van der Waals surface area contributed by atoms with E-state index in [9.17, 15) is 14.7 Å². The van der Waals surface area contributed by atoms with Gasteiger partial charge in [-0.2, -0.15) is 0 Å². The normalized spacial score (nSPS) is 12.2. The van der Waals surface area contributed by atoms with E-state index in [1.807, 2.05) is 0 Å². The first-order valence-electron chi connectivity index (χ1n) is 13.3. The van der Waals surface area contributed by atoms with Gasteiger partial charge in [0, 0.05) is 29.9 Å². The van der Waals surface area contributed by atoms with Gasteiger partial charge in [0.25, 0.3) is 0 Å². The number of nitrogens with one attached hydrogen (secondary N) is 1. The summed E-state index contributed by atoms with van der Waals surface area (Å²) in [7, 11) is 0. The topological polar surface area (TPSA) is 105 Å². The zero-order valence-corrected chi connectivity index (χ0v) is 20.9. The fourth-order valence-electron chi connectivity index (χ4n) is 4.36.